The molecule has 1 aliphatic carbocycles. The Kier molecular flexibility index (Phi) is 6.52. The zero-order valence-corrected chi connectivity index (χ0v) is 22.3. The van der Waals surface area contributed by atoms with E-state index in [1.54, 1.807) is 57.7 Å². The Morgan fingerprint density at radius 2 is 1.48 bits per heavy atom. The molecule has 0 fully saturated rings. The van der Waals surface area contributed by atoms with Crippen LogP contribution in [0.25, 0.3) is 0 Å². The molecule has 0 unspecified atom stereocenters. The SMILES string of the molecule is COc1cc(OC)c2c(c1)[C@@H]1C(=O)O[C@@H](c3cc(CO)cc(OC)c31)[C@@H]2c1ccc(C(=O)c2ccccc2)cc1. The smallest absolute Gasteiger partial charge is 0.318 e. The van der Waals surface area contributed by atoms with Crippen LogP contribution in [-0.2, 0) is 16.1 Å². The maximum Gasteiger partial charge on any atom is 0.318 e. The van der Waals surface area contributed by atoms with E-state index in [0.29, 0.717) is 45.1 Å². The van der Waals surface area contributed by atoms with E-state index in [1.807, 2.05) is 42.5 Å². The van der Waals surface area contributed by atoms with E-state index in [0.717, 1.165) is 16.7 Å². The summed E-state index contributed by atoms with van der Waals surface area (Å²) in [7, 11) is 4.70. The molecule has 1 aliphatic heterocycles. The number of fused-ring (bicyclic) bond motifs is 2. The lowest BCUT2D eigenvalue weighted by Crippen LogP contribution is -2.27. The van der Waals surface area contributed by atoms with Crippen molar-refractivity contribution in [1.29, 1.82) is 0 Å². The third-order valence-electron chi connectivity index (χ3n) is 7.81. The molecule has 4 aromatic rings. The zero-order valence-electron chi connectivity index (χ0n) is 22.3. The fraction of sp³-hybridized carbons (Fsp3) is 0.212. The molecule has 1 heterocycles. The minimum atomic E-state index is -0.781. The molecule has 3 atom stereocenters. The summed E-state index contributed by atoms with van der Waals surface area (Å²) in [5.74, 6) is -0.115. The number of ketones is 1. The lowest BCUT2D eigenvalue weighted by atomic mass is 9.82. The number of carbonyl (C=O) groups is 2. The number of ether oxygens (including phenoxy) is 4. The van der Waals surface area contributed by atoms with Crippen LogP contribution in [0.4, 0.5) is 0 Å². The first-order valence-corrected chi connectivity index (χ1v) is 13.0. The Morgan fingerprint density at radius 3 is 2.12 bits per heavy atom. The van der Waals surface area contributed by atoms with Gasteiger partial charge in [0.15, 0.2) is 5.78 Å². The molecule has 0 spiro atoms. The van der Waals surface area contributed by atoms with Gasteiger partial charge in [-0.2, -0.15) is 0 Å². The van der Waals surface area contributed by atoms with E-state index in [-0.39, 0.29) is 12.4 Å². The second-order valence-electron chi connectivity index (χ2n) is 9.88. The molecule has 4 aromatic carbocycles. The van der Waals surface area contributed by atoms with Gasteiger partial charge >= 0.3 is 5.97 Å². The maximum atomic E-state index is 13.6. The van der Waals surface area contributed by atoms with Crippen molar-refractivity contribution in [2.45, 2.75) is 24.5 Å². The highest BCUT2D eigenvalue weighted by Crippen LogP contribution is 2.58. The molecule has 0 radical (unpaired) electrons. The number of methoxy groups -OCH3 is 3. The van der Waals surface area contributed by atoms with Crippen LogP contribution in [0.15, 0.2) is 78.9 Å². The molecule has 7 nitrogen and oxygen atoms in total. The van der Waals surface area contributed by atoms with E-state index in [9.17, 15) is 14.7 Å². The maximum absolute atomic E-state index is 13.6. The second-order valence-corrected chi connectivity index (χ2v) is 9.88. The minimum Gasteiger partial charge on any atom is -0.497 e. The van der Waals surface area contributed by atoms with Gasteiger partial charge in [-0.1, -0.05) is 54.6 Å². The number of rotatable bonds is 7. The molecule has 1 N–H and O–H groups in total. The first-order valence-electron chi connectivity index (χ1n) is 13.0. The molecule has 2 bridgehead atoms. The van der Waals surface area contributed by atoms with Crippen LogP contribution in [0.2, 0.25) is 0 Å². The molecule has 0 aromatic heterocycles. The summed E-state index contributed by atoms with van der Waals surface area (Å²) in [6.45, 7) is -0.194. The van der Waals surface area contributed by atoms with Gasteiger partial charge in [0.2, 0.25) is 0 Å². The van der Waals surface area contributed by atoms with Crippen molar-refractivity contribution < 1.29 is 33.6 Å². The highest BCUT2D eigenvalue weighted by molar-refractivity contribution is 6.09. The van der Waals surface area contributed by atoms with Crippen molar-refractivity contribution >= 4 is 11.8 Å². The molecule has 7 heteroatoms. The van der Waals surface area contributed by atoms with Crippen molar-refractivity contribution in [3.05, 3.63) is 123 Å². The molecule has 0 saturated carbocycles. The standard InChI is InChI=1S/C33H28O7/c1-37-22-15-23-28(26(16-22)39-3)27(19-9-11-21(12-10-19)31(35)20-7-5-4-6-8-20)32-24-13-18(17-34)14-25(38-2)29(24)30(23)33(36)40-32/h4-16,27,30,32,34H,17H2,1-3H3/t27-,30+,32+/m1/s1. The second kappa shape index (κ2) is 10.2. The number of benzene rings is 4. The monoisotopic (exact) mass is 536 g/mol. The highest BCUT2D eigenvalue weighted by atomic mass is 16.5. The van der Waals surface area contributed by atoms with Crippen LogP contribution >= 0.6 is 0 Å². The van der Waals surface area contributed by atoms with Crippen molar-refractivity contribution in [3.63, 3.8) is 0 Å². The lowest BCUT2D eigenvalue weighted by Gasteiger charge is -2.32. The average molecular weight is 537 g/mol. The van der Waals surface area contributed by atoms with E-state index in [4.69, 9.17) is 18.9 Å². The predicted octanol–water partition coefficient (Wildman–Crippen LogP) is 5.31. The van der Waals surface area contributed by atoms with Gasteiger partial charge in [-0.05, 0) is 34.9 Å². The van der Waals surface area contributed by atoms with Crippen LogP contribution < -0.4 is 14.2 Å². The summed E-state index contributed by atoms with van der Waals surface area (Å²) in [5, 5.41) is 10.0. The van der Waals surface area contributed by atoms with Crippen LogP contribution in [0.3, 0.4) is 0 Å². The summed E-state index contributed by atoms with van der Waals surface area (Å²) >= 11 is 0. The average Bonchev–Trinajstić information content (AvgIpc) is 3.21. The molecule has 2 aliphatic rings. The molecule has 40 heavy (non-hydrogen) atoms. The third kappa shape index (κ3) is 4.01. The molecule has 0 saturated heterocycles. The number of aliphatic hydroxyl groups is 1. The van der Waals surface area contributed by atoms with E-state index in [2.05, 4.69) is 0 Å². The first-order chi connectivity index (χ1) is 19.5. The van der Waals surface area contributed by atoms with Crippen molar-refractivity contribution in [3.8, 4) is 17.2 Å². The van der Waals surface area contributed by atoms with Gasteiger partial charge in [-0.25, -0.2) is 0 Å². The summed E-state index contributed by atoms with van der Waals surface area (Å²) in [6, 6.07) is 23.8. The fourth-order valence-electron chi connectivity index (χ4n) is 5.99. The van der Waals surface area contributed by atoms with Gasteiger partial charge in [0.25, 0.3) is 0 Å². The zero-order chi connectivity index (χ0) is 28.0. The Morgan fingerprint density at radius 1 is 0.800 bits per heavy atom. The van der Waals surface area contributed by atoms with Crippen molar-refractivity contribution in [2.24, 2.45) is 0 Å². The third-order valence-corrected chi connectivity index (χ3v) is 7.81. The Hall–Kier alpha value is -4.62. The highest BCUT2D eigenvalue weighted by Gasteiger charge is 2.49. The van der Waals surface area contributed by atoms with Crippen LogP contribution in [-0.4, -0.2) is 38.2 Å². The van der Waals surface area contributed by atoms with Crippen LogP contribution in [0, 0.1) is 0 Å². The van der Waals surface area contributed by atoms with Crippen molar-refractivity contribution in [1.82, 2.24) is 0 Å². The molecule has 6 rings (SSSR count). The van der Waals surface area contributed by atoms with Gasteiger partial charge in [-0.3, -0.25) is 9.59 Å². The fourth-order valence-corrected chi connectivity index (χ4v) is 5.99. The van der Waals surface area contributed by atoms with Gasteiger partial charge in [-0.15, -0.1) is 0 Å². The topological polar surface area (TPSA) is 91.3 Å². The summed E-state index contributed by atoms with van der Waals surface area (Å²) in [4.78, 5) is 26.7. The van der Waals surface area contributed by atoms with E-state index in [1.165, 1.54) is 0 Å². The van der Waals surface area contributed by atoms with E-state index >= 15 is 0 Å². The van der Waals surface area contributed by atoms with Crippen LogP contribution in [0.5, 0.6) is 17.2 Å². The quantitative estimate of drug-likeness (QED) is 0.253. The number of hydrogen-bond donors (Lipinski definition) is 1. The summed E-state index contributed by atoms with van der Waals surface area (Å²) in [5.41, 5.74) is 5.62. The molecule has 202 valence electrons. The number of esters is 1. The number of aliphatic hydroxyl groups excluding tert-OH is 1. The lowest BCUT2D eigenvalue weighted by molar-refractivity contribution is -0.152. The largest absolute Gasteiger partial charge is 0.497 e. The Balaban J connectivity index is 1.58. The van der Waals surface area contributed by atoms with Gasteiger partial charge in [0, 0.05) is 33.9 Å². The number of hydrogen-bond acceptors (Lipinski definition) is 7. The van der Waals surface area contributed by atoms with Gasteiger partial charge < -0.3 is 24.1 Å². The van der Waals surface area contributed by atoms with Gasteiger partial charge in [0.1, 0.15) is 29.3 Å². The summed E-state index contributed by atoms with van der Waals surface area (Å²) in [6.07, 6.45) is -0.724. The normalized spacial score (nSPS) is 18.7. The summed E-state index contributed by atoms with van der Waals surface area (Å²) < 4.78 is 23.4. The predicted molar refractivity (Wildman–Crippen MR) is 147 cm³/mol. The molecule has 0 amide bonds. The first kappa shape index (κ1) is 25.6. The van der Waals surface area contributed by atoms with Crippen LogP contribution in [0.1, 0.15) is 67.2 Å². The van der Waals surface area contributed by atoms with Gasteiger partial charge in [0.05, 0.1) is 33.9 Å². The van der Waals surface area contributed by atoms with E-state index < -0.39 is 23.9 Å². The van der Waals surface area contributed by atoms with Crippen molar-refractivity contribution in [2.75, 3.05) is 21.3 Å². The Labute approximate surface area is 231 Å². The molecular formula is C33H28O7. The Bertz CT molecular complexity index is 1610. The molecular weight excluding hydrogens is 508 g/mol. The number of carbonyl (C=O) groups excluding carboxylic acids is 2. The minimum absolute atomic E-state index is 0.0780.